The molecular formula is C13H13ClFNO2S2. The van der Waals surface area contributed by atoms with Crippen LogP contribution in [-0.4, -0.2) is 19.8 Å². The summed E-state index contributed by atoms with van der Waals surface area (Å²) in [5, 5.41) is 1.68. The maximum absolute atomic E-state index is 13.6. The van der Waals surface area contributed by atoms with Crippen LogP contribution in [0.4, 0.5) is 4.39 Å². The number of benzene rings is 1. The molecule has 7 heteroatoms. The monoisotopic (exact) mass is 333 g/mol. The Balaban J connectivity index is 2.29. The lowest BCUT2D eigenvalue weighted by Crippen LogP contribution is -2.27. The van der Waals surface area contributed by atoms with Gasteiger partial charge in [0.1, 0.15) is 5.82 Å². The van der Waals surface area contributed by atoms with Crippen molar-refractivity contribution in [3.05, 3.63) is 52.0 Å². The second-order valence-electron chi connectivity index (χ2n) is 4.19. The number of hydrogen-bond acceptors (Lipinski definition) is 3. The van der Waals surface area contributed by atoms with Crippen molar-refractivity contribution in [1.82, 2.24) is 4.31 Å². The molecule has 0 unspecified atom stereocenters. The smallest absolute Gasteiger partial charge is 0.207 e. The SMILES string of the molecule is CN(Cc1ccccc1F)S(=O)(=O)c1ccsc1CCl. The Bertz CT molecular complexity index is 700. The van der Waals surface area contributed by atoms with Crippen molar-refractivity contribution in [2.24, 2.45) is 0 Å². The summed E-state index contributed by atoms with van der Waals surface area (Å²) in [5.74, 6) is -0.280. The van der Waals surface area contributed by atoms with Crippen LogP contribution in [0.5, 0.6) is 0 Å². The summed E-state index contributed by atoms with van der Waals surface area (Å²) in [6, 6.07) is 7.64. The highest BCUT2D eigenvalue weighted by molar-refractivity contribution is 7.89. The highest BCUT2D eigenvalue weighted by Gasteiger charge is 2.25. The quantitative estimate of drug-likeness (QED) is 0.786. The van der Waals surface area contributed by atoms with E-state index in [0.29, 0.717) is 10.4 Å². The van der Waals surface area contributed by atoms with Crippen molar-refractivity contribution in [1.29, 1.82) is 0 Å². The second-order valence-corrected chi connectivity index (χ2v) is 7.48. The highest BCUT2D eigenvalue weighted by Crippen LogP contribution is 2.27. The molecule has 1 heterocycles. The molecule has 0 aliphatic rings. The first-order valence-electron chi connectivity index (χ1n) is 5.79. The molecule has 0 aliphatic heterocycles. The lowest BCUT2D eigenvalue weighted by Gasteiger charge is -2.17. The van der Waals surface area contributed by atoms with Gasteiger partial charge in [-0.15, -0.1) is 22.9 Å². The summed E-state index contributed by atoms with van der Waals surface area (Å²) in [6.07, 6.45) is 0. The van der Waals surface area contributed by atoms with Crippen molar-refractivity contribution < 1.29 is 12.8 Å². The standard InChI is InChI=1S/C13H13ClFNO2S2/c1-16(9-10-4-2-3-5-11(10)15)20(17,18)13-6-7-19-12(13)8-14/h2-7H,8-9H2,1H3. The van der Waals surface area contributed by atoms with Crippen molar-refractivity contribution >= 4 is 33.0 Å². The van der Waals surface area contributed by atoms with E-state index in [-0.39, 0.29) is 17.3 Å². The fraction of sp³-hybridized carbons (Fsp3) is 0.231. The van der Waals surface area contributed by atoms with Crippen LogP contribution in [0.1, 0.15) is 10.4 Å². The van der Waals surface area contributed by atoms with Gasteiger partial charge in [0.05, 0.1) is 10.8 Å². The summed E-state index contributed by atoms with van der Waals surface area (Å²) < 4.78 is 39.6. The maximum Gasteiger partial charge on any atom is 0.244 e. The molecule has 0 saturated carbocycles. The Morgan fingerprint density at radius 1 is 1.30 bits per heavy atom. The topological polar surface area (TPSA) is 37.4 Å². The summed E-state index contributed by atoms with van der Waals surface area (Å²) in [7, 11) is -2.23. The Labute approximate surface area is 126 Å². The third kappa shape index (κ3) is 3.03. The molecule has 1 aromatic carbocycles. The number of nitrogens with zero attached hydrogens (tertiary/aromatic N) is 1. The van der Waals surface area contributed by atoms with Crippen molar-refractivity contribution in [3.8, 4) is 0 Å². The number of hydrogen-bond donors (Lipinski definition) is 0. The van der Waals surface area contributed by atoms with Crippen LogP contribution >= 0.6 is 22.9 Å². The number of alkyl halides is 1. The molecule has 20 heavy (non-hydrogen) atoms. The predicted octanol–water partition coefficient (Wildman–Crippen LogP) is 3.45. The minimum absolute atomic E-state index is 0.0213. The van der Waals surface area contributed by atoms with E-state index in [1.54, 1.807) is 23.6 Å². The van der Waals surface area contributed by atoms with E-state index in [9.17, 15) is 12.8 Å². The van der Waals surface area contributed by atoms with Crippen LogP contribution in [0.2, 0.25) is 0 Å². The molecule has 1 aromatic heterocycles. The van der Waals surface area contributed by atoms with Gasteiger partial charge in [0.25, 0.3) is 0 Å². The summed E-state index contributed by atoms with van der Waals surface area (Å²) in [5.41, 5.74) is 0.334. The number of sulfonamides is 1. The summed E-state index contributed by atoms with van der Waals surface area (Å²) in [6.45, 7) is -0.0213. The predicted molar refractivity (Wildman–Crippen MR) is 78.9 cm³/mol. The Hall–Kier alpha value is -0.950. The average molecular weight is 334 g/mol. The minimum atomic E-state index is -3.66. The van der Waals surface area contributed by atoms with Gasteiger partial charge in [-0.1, -0.05) is 18.2 Å². The molecule has 0 N–H and O–H groups in total. The number of rotatable bonds is 5. The molecule has 3 nitrogen and oxygen atoms in total. The Kier molecular flexibility index (Phi) is 4.80. The van der Waals surface area contributed by atoms with Crippen LogP contribution in [0.15, 0.2) is 40.6 Å². The van der Waals surface area contributed by atoms with Crippen LogP contribution in [0.25, 0.3) is 0 Å². The lowest BCUT2D eigenvalue weighted by molar-refractivity contribution is 0.456. The van der Waals surface area contributed by atoms with E-state index < -0.39 is 15.8 Å². The molecular weight excluding hydrogens is 321 g/mol. The molecule has 2 aromatic rings. The third-order valence-electron chi connectivity index (χ3n) is 2.86. The van der Waals surface area contributed by atoms with Gasteiger partial charge in [-0.2, -0.15) is 4.31 Å². The largest absolute Gasteiger partial charge is 0.244 e. The summed E-state index contributed by atoms with van der Waals surface area (Å²) in [4.78, 5) is 0.781. The van der Waals surface area contributed by atoms with Crippen LogP contribution in [0, 0.1) is 5.82 Å². The van der Waals surface area contributed by atoms with Crippen LogP contribution in [0.3, 0.4) is 0 Å². The van der Waals surface area contributed by atoms with E-state index in [0.717, 1.165) is 4.31 Å². The van der Waals surface area contributed by atoms with Gasteiger partial charge in [0, 0.05) is 24.0 Å². The van der Waals surface area contributed by atoms with Gasteiger partial charge in [-0.25, -0.2) is 12.8 Å². The Morgan fingerprint density at radius 2 is 2.00 bits per heavy atom. The molecule has 0 radical (unpaired) electrons. The molecule has 0 fully saturated rings. The zero-order chi connectivity index (χ0) is 14.8. The van der Waals surface area contributed by atoms with Gasteiger partial charge >= 0.3 is 0 Å². The lowest BCUT2D eigenvalue weighted by atomic mass is 10.2. The minimum Gasteiger partial charge on any atom is -0.207 e. The molecule has 0 aliphatic carbocycles. The summed E-state index contributed by atoms with van der Waals surface area (Å²) >= 11 is 7.03. The van der Waals surface area contributed by atoms with Gasteiger partial charge in [0.15, 0.2) is 0 Å². The zero-order valence-corrected chi connectivity index (χ0v) is 13.1. The molecule has 0 spiro atoms. The normalized spacial score (nSPS) is 12.0. The van der Waals surface area contributed by atoms with Gasteiger partial charge in [-0.05, 0) is 17.5 Å². The fourth-order valence-corrected chi connectivity index (χ4v) is 4.59. The van der Waals surface area contributed by atoms with Crippen LogP contribution < -0.4 is 0 Å². The zero-order valence-electron chi connectivity index (χ0n) is 10.7. The molecule has 0 saturated heterocycles. The second kappa shape index (κ2) is 6.22. The fourth-order valence-electron chi connectivity index (χ4n) is 1.78. The van der Waals surface area contributed by atoms with E-state index in [2.05, 4.69) is 0 Å². The van der Waals surface area contributed by atoms with E-state index >= 15 is 0 Å². The van der Waals surface area contributed by atoms with Gasteiger partial charge in [-0.3, -0.25) is 0 Å². The molecule has 0 bridgehead atoms. The Morgan fingerprint density at radius 3 is 2.65 bits per heavy atom. The third-order valence-corrected chi connectivity index (χ3v) is 6.23. The van der Waals surface area contributed by atoms with Crippen molar-refractivity contribution in [3.63, 3.8) is 0 Å². The molecule has 0 amide bonds. The van der Waals surface area contributed by atoms with E-state index in [4.69, 9.17) is 11.6 Å². The first-order chi connectivity index (χ1) is 9.46. The molecule has 2 rings (SSSR count). The molecule has 0 atom stereocenters. The average Bonchev–Trinajstić information content (AvgIpc) is 2.90. The van der Waals surface area contributed by atoms with Gasteiger partial charge < -0.3 is 0 Å². The number of thiophene rings is 1. The van der Waals surface area contributed by atoms with Crippen molar-refractivity contribution in [2.45, 2.75) is 17.3 Å². The highest BCUT2D eigenvalue weighted by atomic mass is 35.5. The number of halogens is 2. The first-order valence-corrected chi connectivity index (χ1v) is 8.64. The molecule has 108 valence electrons. The van der Waals surface area contributed by atoms with E-state index in [1.165, 1.54) is 30.5 Å². The van der Waals surface area contributed by atoms with Gasteiger partial charge in [0.2, 0.25) is 10.0 Å². The first kappa shape index (κ1) is 15.4. The van der Waals surface area contributed by atoms with E-state index in [1.807, 2.05) is 0 Å². The van der Waals surface area contributed by atoms with Crippen molar-refractivity contribution in [2.75, 3.05) is 7.05 Å². The van der Waals surface area contributed by atoms with Crippen LogP contribution in [-0.2, 0) is 22.4 Å². The maximum atomic E-state index is 13.6.